The van der Waals surface area contributed by atoms with Gasteiger partial charge in [0, 0.05) is 28.8 Å². The van der Waals surface area contributed by atoms with Gasteiger partial charge in [0.05, 0.1) is 34.3 Å². The fraction of sp³-hybridized carbons (Fsp3) is 0.289. The van der Waals surface area contributed by atoms with E-state index >= 15 is 0 Å². The lowest BCUT2D eigenvalue weighted by Crippen LogP contribution is -2.40. The van der Waals surface area contributed by atoms with Crippen LogP contribution >= 0.6 is 11.6 Å². The molecule has 2 saturated carbocycles. The van der Waals surface area contributed by atoms with Gasteiger partial charge in [0.1, 0.15) is 5.82 Å². The van der Waals surface area contributed by atoms with E-state index in [1.165, 1.54) is 29.2 Å². The third-order valence-corrected chi connectivity index (χ3v) is 10.5. The van der Waals surface area contributed by atoms with Gasteiger partial charge >= 0.3 is 5.97 Å². The van der Waals surface area contributed by atoms with Gasteiger partial charge in [-0.2, -0.15) is 0 Å². The van der Waals surface area contributed by atoms with Gasteiger partial charge in [-0.1, -0.05) is 35.9 Å². The summed E-state index contributed by atoms with van der Waals surface area (Å²) < 4.78 is 19.2. The number of carbonyl (C=O) groups is 4. The number of rotatable bonds is 8. The maximum absolute atomic E-state index is 13.7. The molecule has 0 N–H and O–H groups in total. The minimum atomic E-state index is -1.17. The van der Waals surface area contributed by atoms with Crippen LogP contribution in [0.3, 0.4) is 0 Å². The van der Waals surface area contributed by atoms with Crippen molar-refractivity contribution < 1.29 is 28.3 Å². The lowest BCUT2D eigenvalue weighted by atomic mass is 9.63. The Balaban J connectivity index is 1.09. The van der Waals surface area contributed by atoms with Crippen molar-refractivity contribution in [3.63, 3.8) is 0 Å². The number of aromatic nitrogens is 1. The Hall–Kier alpha value is -4.69. The van der Waals surface area contributed by atoms with Crippen molar-refractivity contribution in [1.82, 2.24) is 4.98 Å². The van der Waals surface area contributed by atoms with Crippen molar-refractivity contribution in [1.29, 1.82) is 0 Å². The summed E-state index contributed by atoms with van der Waals surface area (Å²) in [5.41, 5.74) is 3.56. The average molecular weight is 649 g/mol. The van der Waals surface area contributed by atoms with Crippen LogP contribution < -0.4 is 4.90 Å². The SMILES string of the molecule is Cc1ccc2nc(-c3ccc(N4C(=O)C5C6C=CC(C7CC67)C5C4=O)cc3)cc(C(=O)OC(CCCl)C(=O)c3ccc(F)cc3)c2c1. The van der Waals surface area contributed by atoms with Crippen LogP contribution in [0.25, 0.3) is 22.2 Å². The first kappa shape index (κ1) is 29.7. The zero-order chi connectivity index (χ0) is 32.6. The molecule has 236 valence electrons. The third-order valence-electron chi connectivity index (χ3n) is 10.3. The van der Waals surface area contributed by atoms with Crippen LogP contribution in [0.5, 0.6) is 0 Å². The van der Waals surface area contributed by atoms with Crippen LogP contribution in [-0.2, 0) is 14.3 Å². The van der Waals surface area contributed by atoms with E-state index in [-0.39, 0.29) is 58.9 Å². The van der Waals surface area contributed by atoms with Crippen LogP contribution in [0, 0.1) is 48.2 Å². The molecule has 0 spiro atoms. The summed E-state index contributed by atoms with van der Waals surface area (Å²) in [5, 5.41) is 0.561. The van der Waals surface area contributed by atoms with Crippen molar-refractivity contribution in [2.45, 2.75) is 25.9 Å². The van der Waals surface area contributed by atoms with Crippen LogP contribution in [0.2, 0.25) is 0 Å². The summed E-state index contributed by atoms with van der Waals surface area (Å²) >= 11 is 5.98. The van der Waals surface area contributed by atoms with Crippen LogP contribution in [-0.4, -0.2) is 40.5 Å². The number of hydrogen-bond donors (Lipinski definition) is 0. The van der Waals surface area contributed by atoms with Crippen LogP contribution in [0.15, 0.2) is 84.9 Å². The second-order valence-corrected chi connectivity index (χ2v) is 13.4. The average Bonchev–Trinajstić information content (AvgIpc) is 3.86. The number of imide groups is 1. The quantitative estimate of drug-likeness (QED) is 0.0675. The molecule has 1 aliphatic heterocycles. The number of amides is 2. The molecule has 7 unspecified atom stereocenters. The normalized spacial score (nSPS) is 25.9. The molecule has 0 radical (unpaired) electrons. The molecule has 1 saturated heterocycles. The van der Waals surface area contributed by atoms with Crippen molar-refractivity contribution in [2.75, 3.05) is 10.8 Å². The number of pyridine rings is 1. The van der Waals surface area contributed by atoms with E-state index in [4.69, 9.17) is 21.3 Å². The predicted molar refractivity (Wildman–Crippen MR) is 174 cm³/mol. The summed E-state index contributed by atoms with van der Waals surface area (Å²) in [4.78, 5) is 60.3. The highest BCUT2D eigenvalue weighted by Crippen LogP contribution is 2.65. The number of ketones is 1. The van der Waals surface area contributed by atoms with Gasteiger partial charge in [-0.05, 0) is 91.6 Å². The maximum atomic E-state index is 13.7. The van der Waals surface area contributed by atoms with Gasteiger partial charge in [-0.15, -0.1) is 11.6 Å². The van der Waals surface area contributed by atoms with E-state index in [9.17, 15) is 23.6 Å². The Kier molecular flexibility index (Phi) is 7.10. The molecule has 3 aromatic carbocycles. The molecular formula is C38H30ClFN2O5. The number of ether oxygens (including phenoxy) is 1. The van der Waals surface area contributed by atoms with Crippen molar-refractivity contribution >= 4 is 51.8 Å². The minimum absolute atomic E-state index is 0.0706. The first-order valence-electron chi connectivity index (χ1n) is 15.9. The largest absolute Gasteiger partial charge is 0.450 e. The number of hydrogen-bond acceptors (Lipinski definition) is 6. The first-order valence-corrected chi connectivity index (χ1v) is 16.4. The molecule has 9 heteroatoms. The standard InChI is InChI=1S/C38H30ClFN2O5/c1-19-2-13-30-28(16-19)29(38(46)47-32(14-15-39)35(43)21-3-7-22(40)8-4-21)18-31(41-30)20-5-9-23(10-6-20)42-36(44)33-24-11-12-25(27-17-26(24)27)34(33)37(42)45/h2-13,16,18,24-27,32-34H,14-15,17H2,1H3. The number of aryl methyl sites for hydroxylation is 1. The highest BCUT2D eigenvalue weighted by atomic mass is 35.5. The zero-order valence-electron chi connectivity index (χ0n) is 25.4. The molecule has 4 aliphatic carbocycles. The number of benzene rings is 3. The van der Waals surface area contributed by atoms with Gasteiger partial charge in [0.2, 0.25) is 17.6 Å². The number of halogens is 2. The number of allylic oxidation sites excluding steroid dienone is 2. The second-order valence-electron chi connectivity index (χ2n) is 13.0. The van der Waals surface area contributed by atoms with Gasteiger partial charge in [0.15, 0.2) is 6.10 Å². The van der Waals surface area contributed by atoms with Crippen LogP contribution in [0.1, 0.15) is 39.1 Å². The van der Waals surface area contributed by atoms with Crippen molar-refractivity contribution in [3.8, 4) is 11.3 Å². The molecule has 7 atom stereocenters. The molecule has 2 amide bonds. The molecule has 9 rings (SSSR count). The highest BCUT2D eigenvalue weighted by molar-refractivity contribution is 6.22. The number of carbonyl (C=O) groups excluding carboxylic acids is 4. The minimum Gasteiger partial charge on any atom is -0.450 e. The lowest BCUT2D eigenvalue weighted by Gasteiger charge is -2.37. The zero-order valence-corrected chi connectivity index (χ0v) is 26.2. The number of esters is 1. The third kappa shape index (κ3) is 4.89. The van der Waals surface area contributed by atoms with E-state index in [2.05, 4.69) is 12.2 Å². The Labute approximate surface area is 275 Å². The Bertz CT molecular complexity index is 1970. The number of alkyl halides is 1. The van der Waals surface area contributed by atoms with Gasteiger partial charge in [-0.25, -0.2) is 14.2 Å². The van der Waals surface area contributed by atoms with Gasteiger partial charge < -0.3 is 4.74 Å². The highest BCUT2D eigenvalue weighted by Gasteiger charge is 2.67. The number of Topliss-reactive ketones (excluding diaryl/α,β-unsaturated/α-hetero) is 1. The van der Waals surface area contributed by atoms with Crippen molar-refractivity contribution in [2.24, 2.45) is 35.5 Å². The summed E-state index contributed by atoms with van der Waals surface area (Å²) in [6, 6.07) is 19.3. The number of nitrogens with zero attached hydrogens (tertiary/aromatic N) is 2. The topological polar surface area (TPSA) is 93.6 Å². The van der Waals surface area contributed by atoms with Gasteiger partial charge in [-0.3, -0.25) is 19.3 Å². The fourth-order valence-corrected chi connectivity index (χ4v) is 8.18. The summed E-state index contributed by atoms with van der Waals surface area (Å²) in [6.07, 6.45) is 4.33. The molecule has 3 fully saturated rings. The Morgan fingerprint density at radius 3 is 2.23 bits per heavy atom. The Morgan fingerprint density at radius 2 is 1.60 bits per heavy atom. The smallest absolute Gasteiger partial charge is 0.339 e. The van der Waals surface area contributed by atoms with Gasteiger partial charge in [0.25, 0.3) is 0 Å². The van der Waals surface area contributed by atoms with E-state index in [0.717, 1.165) is 12.0 Å². The molecule has 5 aliphatic rings. The monoisotopic (exact) mass is 648 g/mol. The Morgan fingerprint density at radius 1 is 0.936 bits per heavy atom. The fourth-order valence-electron chi connectivity index (χ4n) is 7.98. The lowest BCUT2D eigenvalue weighted by molar-refractivity contribution is -0.124. The molecule has 1 aromatic heterocycles. The van der Waals surface area contributed by atoms with E-state index in [0.29, 0.717) is 39.7 Å². The molecule has 2 bridgehead atoms. The number of anilines is 1. The molecule has 47 heavy (non-hydrogen) atoms. The maximum Gasteiger partial charge on any atom is 0.339 e. The van der Waals surface area contributed by atoms with Crippen LogP contribution in [0.4, 0.5) is 10.1 Å². The predicted octanol–water partition coefficient (Wildman–Crippen LogP) is 6.94. The summed E-state index contributed by atoms with van der Waals surface area (Å²) in [6.45, 7) is 1.90. The molecule has 2 heterocycles. The second kappa shape index (κ2) is 11.2. The van der Waals surface area contributed by atoms with E-state index in [1.54, 1.807) is 30.3 Å². The molecule has 4 aromatic rings. The van der Waals surface area contributed by atoms with Crippen molar-refractivity contribution in [3.05, 3.63) is 107 Å². The number of fused-ring (bicyclic) bond motifs is 1. The molecule has 7 nitrogen and oxygen atoms in total. The first-order chi connectivity index (χ1) is 22.7. The van der Waals surface area contributed by atoms with E-state index in [1.807, 2.05) is 25.1 Å². The molecular weight excluding hydrogens is 619 g/mol. The summed E-state index contributed by atoms with van der Waals surface area (Å²) in [5.74, 6) is -1.06. The van der Waals surface area contributed by atoms with E-state index < -0.39 is 23.7 Å². The summed E-state index contributed by atoms with van der Waals surface area (Å²) in [7, 11) is 0.